The van der Waals surface area contributed by atoms with Gasteiger partial charge in [0.2, 0.25) is 5.95 Å². The summed E-state index contributed by atoms with van der Waals surface area (Å²) in [5.74, 6) is 6.70. The standard InChI is InChI=1S/C10H17N5O/c11-15-10-12-5-4-9(14-10)13-8-3-1-2-7(8)6-16/h4-5,7-8,16H,1-3,6,11H2,(H2,12,13,14,15). The Hall–Kier alpha value is -1.40. The van der Waals surface area contributed by atoms with E-state index in [1.54, 1.807) is 12.3 Å². The molecule has 16 heavy (non-hydrogen) atoms. The Morgan fingerprint density at radius 3 is 3.12 bits per heavy atom. The highest BCUT2D eigenvalue weighted by Gasteiger charge is 2.26. The van der Waals surface area contributed by atoms with Crippen molar-refractivity contribution >= 4 is 11.8 Å². The molecule has 0 amide bonds. The number of nitrogen functional groups attached to an aromatic ring is 1. The van der Waals surface area contributed by atoms with Gasteiger partial charge < -0.3 is 10.4 Å². The second-order valence-corrected chi connectivity index (χ2v) is 4.03. The van der Waals surface area contributed by atoms with Gasteiger partial charge in [0, 0.05) is 24.8 Å². The first-order valence-corrected chi connectivity index (χ1v) is 5.50. The SMILES string of the molecule is NNc1nccc(NC2CCCC2CO)n1. The third kappa shape index (κ3) is 2.40. The van der Waals surface area contributed by atoms with Gasteiger partial charge in [-0.1, -0.05) is 6.42 Å². The number of nitrogens with one attached hydrogen (secondary N) is 2. The van der Waals surface area contributed by atoms with Crippen molar-refractivity contribution in [3.63, 3.8) is 0 Å². The van der Waals surface area contributed by atoms with Crippen LogP contribution in [0, 0.1) is 5.92 Å². The maximum atomic E-state index is 9.21. The third-order valence-electron chi connectivity index (χ3n) is 3.01. The topological polar surface area (TPSA) is 96.1 Å². The molecule has 1 aliphatic carbocycles. The number of hydrazine groups is 1. The Morgan fingerprint density at radius 2 is 2.38 bits per heavy atom. The molecule has 6 heteroatoms. The molecule has 1 aromatic rings. The molecule has 1 aliphatic rings. The fourth-order valence-electron chi connectivity index (χ4n) is 2.14. The number of aromatic nitrogens is 2. The molecule has 1 saturated carbocycles. The summed E-state index contributed by atoms with van der Waals surface area (Å²) in [7, 11) is 0. The Labute approximate surface area is 94.3 Å². The van der Waals surface area contributed by atoms with Crippen LogP contribution in [0.5, 0.6) is 0 Å². The zero-order valence-corrected chi connectivity index (χ0v) is 9.06. The molecule has 1 aromatic heterocycles. The van der Waals surface area contributed by atoms with Crippen molar-refractivity contribution in [1.29, 1.82) is 0 Å². The van der Waals surface area contributed by atoms with Crippen LogP contribution < -0.4 is 16.6 Å². The van der Waals surface area contributed by atoms with E-state index < -0.39 is 0 Å². The molecule has 0 aliphatic heterocycles. The first-order valence-electron chi connectivity index (χ1n) is 5.50. The molecule has 2 rings (SSSR count). The predicted molar refractivity (Wildman–Crippen MR) is 61.7 cm³/mol. The van der Waals surface area contributed by atoms with Gasteiger partial charge in [-0.3, -0.25) is 5.43 Å². The Morgan fingerprint density at radius 1 is 1.50 bits per heavy atom. The molecule has 0 bridgehead atoms. The lowest BCUT2D eigenvalue weighted by molar-refractivity contribution is 0.222. The van der Waals surface area contributed by atoms with Gasteiger partial charge in [0.15, 0.2) is 0 Å². The molecule has 88 valence electrons. The van der Waals surface area contributed by atoms with Crippen molar-refractivity contribution in [3.8, 4) is 0 Å². The van der Waals surface area contributed by atoms with Crippen LogP contribution in [-0.2, 0) is 0 Å². The first-order chi connectivity index (χ1) is 7.83. The smallest absolute Gasteiger partial charge is 0.239 e. The van der Waals surface area contributed by atoms with E-state index in [-0.39, 0.29) is 6.61 Å². The van der Waals surface area contributed by atoms with Crippen LogP contribution in [0.15, 0.2) is 12.3 Å². The van der Waals surface area contributed by atoms with Crippen LogP contribution in [-0.4, -0.2) is 27.7 Å². The van der Waals surface area contributed by atoms with E-state index in [1.807, 2.05) is 0 Å². The van der Waals surface area contributed by atoms with Gasteiger partial charge in [0.25, 0.3) is 0 Å². The lowest BCUT2D eigenvalue weighted by Gasteiger charge is -2.19. The number of nitrogens with zero attached hydrogens (tertiary/aromatic N) is 2. The zero-order chi connectivity index (χ0) is 11.4. The predicted octanol–water partition coefficient (Wildman–Crippen LogP) is 0.335. The quantitative estimate of drug-likeness (QED) is 0.434. The van der Waals surface area contributed by atoms with Gasteiger partial charge in [-0.2, -0.15) is 4.98 Å². The zero-order valence-electron chi connectivity index (χ0n) is 9.06. The Bertz CT molecular complexity index is 346. The van der Waals surface area contributed by atoms with E-state index in [1.165, 1.54) is 0 Å². The van der Waals surface area contributed by atoms with E-state index in [9.17, 15) is 5.11 Å². The molecular weight excluding hydrogens is 206 g/mol. The van der Waals surface area contributed by atoms with Gasteiger partial charge in [-0.15, -0.1) is 0 Å². The average Bonchev–Trinajstić information content (AvgIpc) is 2.76. The fourth-order valence-corrected chi connectivity index (χ4v) is 2.14. The summed E-state index contributed by atoms with van der Waals surface area (Å²) in [4.78, 5) is 8.12. The average molecular weight is 223 g/mol. The lowest BCUT2D eigenvalue weighted by Crippen LogP contribution is -2.27. The minimum atomic E-state index is 0.227. The molecule has 6 nitrogen and oxygen atoms in total. The van der Waals surface area contributed by atoms with Gasteiger partial charge >= 0.3 is 0 Å². The number of nitrogens with two attached hydrogens (primary N) is 1. The Balaban J connectivity index is 2.02. The van der Waals surface area contributed by atoms with E-state index >= 15 is 0 Å². The van der Waals surface area contributed by atoms with Crippen LogP contribution in [0.1, 0.15) is 19.3 Å². The van der Waals surface area contributed by atoms with Gasteiger partial charge in [-0.25, -0.2) is 10.8 Å². The highest BCUT2D eigenvalue weighted by molar-refractivity contribution is 5.40. The van der Waals surface area contributed by atoms with Gasteiger partial charge in [-0.05, 0) is 18.9 Å². The molecule has 2 unspecified atom stereocenters. The number of rotatable bonds is 4. The monoisotopic (exact) mass is 223 g/mol. The molecular formula is C10H17N5O. The second kappa shape index (κ2) is 5.09. The highest BCUT2D eigenvalue weighted by atomic mass is 16.3. The Kier molecular flexibility index (Phi) is 3.53. The summed E-state index contributed by atoms with van der Waals surface area (Å²) >= 11 is 0. The number of aliphatic hydroxyl groups is 1. The maximum absolute atomic E-state index is 9.21. The maximum Gasteiger partial charge on any atom is 0.239 e. The molecule has 0 saturated heterocycles. The van der Waals surface area contributed by atoms with Crippen molar-refractivity contribution in [1.82, 2.24) is 9.97 Å². The molecule has 0 aromatic carbocycles. The van der Waals surface area contributed by atoms with Crippen LogP contribution in [0.3, 0.4) is 0 Å². The van der Waals surface area contributed by atoms with E-state index in [0.29, 0.717) is 17.9 Å². The summed E-state index contributed by atoms with van der Waals surface area (Å²) in [5, 5.41) is 12.5. The van der Waals surface area contributed by atoms with E-state index in [2.05, 4.69) is 20.7 Å². The van der Waals surface area contributed by atoms with E-state index in [0.717, 1.165) is 25.1 Å². The van der Waals surface area contributed by atoms with Crippen molar-refractivity contribution < 1.29 is 5.11 Å². The van der Waals surface area contributed by atoms with Crippen molar-refractivity contribution in [2.45, 2.75) is 25.3 Å². The van der Waals surface area contributed by atoms with Crippen molar-refractivity contribution in [2.75, 3.05) is 17.3 Å². The fraction of sp³-hybridized carbons (Fsp3) is 0.600. The lowest BCUT2D eigenvalue weighted by atomic mass is 10.1. The summed E-state index contributed by atoms with van der Waals surface area (Å²) in [6.45, 7) is 0.227. The molecule has 1 fully saturated rings. The molecule has 0 spiro atoms. The third-order valence-corrected chi connectivity index (χ3v) is 3.01. The summed E-state index contributed by atoms with van der Waals surface area (Å²) in [6.07, 6.45) is 4.94. The first kappa shape index (κ1) is 11.1. The largest absolute Gasteiger partial charge is 0.396 e. The van der Waals surface area contributed by atoms with Gasteiger partial charge in [0.1, 0.15) is 5.82 Å². The van der Waals surface area contributed by atoms with Crippen molar-refractivity contribution in [2.24, 2.45) is 11.8 Å². The van der Waals surface area contributed by atoms with Crippen LogP contribution in [0.25, 0.3) is 0 Å². The molecule has 1 heterocycles. The van der Waals surface area contributed by atoms with Crippen LogP contribution >= 0.6 is 0 Å². The molecule has 0 radical (unpaired) electrons. The minimum absolute atomic E-state index is 0.227. The minimum Gasteiger partial charge on any atom is -0.396 e. The summed E-state index contributed by atoms with van der Waals surface area (Å²) in [6, 6.07) is 2.10. The van der Waals surface area contributed by atoms with Crippen molar-refractivity contribution in [3.05, 3.63) is 12.3 Å². The summed E-state index contributed by atoms with van der Waals surface area (Å²) in [5.41, 5.74) is 2.41. The second-order valence-electron chi connectivity index (χ2n) is 4.03. The van der Waals surface area contributed by atoms with Crippen LogP contribution in [0.4, 0.5) is 11.8 Å². The normalized spacial score (nSPS) is 24.4. The number of hydrogen-bond acceptors (Lipinski definition) is 6. The highest BCUT2D eigenvalue weighted by Crippen LogP contribution is 2.27. The number of hydrogen-bond donors (Lipinski definition) is 4. The van der Waals surface area contributed by atoms with Gasteiger partial charge in [0.05, 0.1) is 0 Å². The number of aliphatic hydroxyl groups excluding tert-OH is 1. The number of anilines is 2. The molecule has 2 atom stereocenters. The van der Waals surface area contributed by atoms with Crippen LogP contribution in [0.2, 0.25) is 0 Å². The summed E-state index contributed by atoms with van der Waals surface area (Å²) < 4.78 is 0. The molecule has 5 N–H and O–H groups in total. The van der Waals surface area contributed by atoms with E-state index in [4.69, 9.17) is 5.84 Å².